The number of para-hydroxylation sites is 1. The van der Waals surface area contributed by atoms with E-state index in [-0.39, 0.29) is 30.8 Å². The van der Waals surface area contributed by atoms with Gasteiger partial charge in [-0.1, -0.05) is 51.1 Å². The van der Waals surface area contributed by atoms with Crippen molar-refractivity contribution in [3.05, 3.63) is 54.2 Å². The fraction of sp³-hybridized carbons (Fsp3) is 0.651. The van der Waals surface area contributed by atoms with Gasteiger partial charge in [0, 0.05) is 42.5 Å². The van der Waals surface area contributed by atoms with Gasteiger partial charge in [0.15, 0.2) is 17.7 Å². The van der Waals surface area contributed by atoms with Crippen molar-refractivity contribution in [2.24, 2.45) is 23.7 Å². The Morgan fingerprint density at radius 1 is 1.02 bits per heavy atom. The molecule has 13 heteroatoms. The van der Waals surface area contributed by atoms with Crippen LogP contribution in [0.5, 0.6) is 0 Å². The molecule has 4 heterocycles. The molecular formula is C43H61N3O10. The molecule has 0 bridgehead atoms. The van der Waals surface area contributed by atoms with E-state index in [1.165, 1.54) is 14.0 Å². The van der Waals surface area contributed by atoms with Gasteiger partial charge in [0.1, 0.15) is 23.9 Å². The quantitative estimate of drug-likeness (QED) is 0.195. The molecule has 3 fully saturated rings. The Balaban J connectivity index is 1.44. The van der Waals surface area contributed by atoms with E-state index in [2.05, 4.69) is 16.4 Å². The molecule has 308 valence electrons. The van der Waals surface area contributed by atoms with Gasteiger partial charge in [-0.25, -0.2) is 4.79 Å². The molecule has 1 amide bonds. The number of benzene rings is 1. The van der Waals surface area contributed by atoms with Crippen LogP contribution in [0, 0.1) is 23.7 Å². The molecule has 3 saturated heterocycles. The van der Waals surface area contributed by atoms with E-state index in [1.807, 2.05) is 68.5 Å². The number of aromatic nitrogens is 1. The van der Waals surface area contributed by atoms with Crippen molar-refractivity contribution in [1.29, 1.82) is 0 Å². The number of carbonyl (C=O) groups is 4. The number of likely N-dealkylation sites (N-methyl/N-ethyl adjacent to an activating group) is 1. The number of esters is 1. The molecule has 1 aromatic carbocycles. The van der Waals surface area contributed by atoms with Gasteiger partial charge in [0.25, 0.3) is 0 Å². The van der Waals surface area contributed by atoms with E-state index >= 15 is 0 Å². The number of allylic oxidation sites excluding steroid dienone is 2. The number of hydrogen-bond acceptors (Lipinski definition) is 12. The molecule has 1 aromatic heterocycles. The number of aliphatic hydroxyl groups is 1. The number of nitrogens with one attached hydrogen (secondary N) is 1. The first-order valence-electron chi connectivity index (χ1n) is 19.9. The lowest BCUT2D eigenvalue weighted by molar-refractivity contribution is -0.295. The summed E-state index contributed by atoms with van der Waals surface area (Å²) >= 11 is 0. The van der Waals surface area contributed by atoms with Crippen LogP contribution in [0.3, 0.4) is 0 Å². The molecule has 3 aliphatic rings. The maximum atomic E-state index is 14.4. The minimum atomic E-state index is -1.43. The minimum Gasteiger partial charge on any atom is -0.457 e. The van der Waals surface area contributed by atoms with Crippen LogP contribution in [0.4, 0.5) is 4.79 Å². The third-order valence-electron chi connectivity index (χ3n) is 12.3. The molecule has 56 heavy (non-hydrogen) atoms. The van der Waals surface area contributed by atoms with Crippen LogP contribution in [0.1, 0.15) is 79.7 Å². The molecule has 2 aromatic rings. The number of amides is 1. The largest absolute Gasteiger partial charge is 0.457 e. The summed E-state index contributed by atoms with van der Waals surface area (Å²) in [6, 6.07) is 8.87. The highest BCUT2D eigenvalue weighted by Gasteiger charge is 2.57. The standard InChI is InChI=1S/C43H61N3O10/c1-24-22-42(6,52-10)38(55-40-36(49)32(46(8)9)20-25(2)53-40)27(4)35(48)28(5)39(50)54-33(43(7)37(26(3)34(24)47)45-41(51)56-43)19-13-11-12-16-29-21-30-17-14-15-18-31(30)44-23-29/h11-12,14-15,17-18,21,23-28,32-33,36-38,40,49H,13,16,19-20,22H2,1-10H3,(H,45,51)/b12-11+/t24-,25?,26+,27+,28-,32?,33-,36?,37?,38?,40?,42-,43-/m1/s1. The number of rotatable bonds is 9. The number of pyridine rings is 1. The van der Waals surface area contributed by atoms with Crippen LogP contribution in [0.25, 0.3) is 10.9 Å². The average molecular weight is 780 g/mol. The van der Waals surface area contributed by atoms with E-state index < -0.39 is 83.4 Å². The van der Waals surface area contributed by atoms with Crippen LogP contribution in [0.15, 0.2) is 48.7 Å². The zero-order valence-corrected chi connectivity index (χ0v) is 34.5. The van der Waals surface area contributed by atoms with Gasteiger partial charge in [0.05, 0.1) is 29.4 Å². The summed E-state index contributed by atoms with van der Waals surface area (Å²) in [6.07, 6.45) is 2.66. The Labute approximate surface area is 330 Å². The van der Waals surface area contributed by atoms with E-state index in [9.17, 15) is 24.3 Å². The molecule has 13 atom stereocenters. The Kier molecular flexibility index (Phi) is 13.8. The normalized spacial score (nSPS) is 37.6. The van der Waals surface area contributed by atoms with Crippen molar-refractivity contribution < 1.29 is 48.0 Å². The van der Waals surface area contributed by atoms with Crippen LogP contribution >= 0.6 is 0 Å². The first-order valence-corrected chi connectivity index (χ1v) is 19.9. The number of ether oxygens (including phenoxy) is 5. The number of Topliss-reactive ketones (excluding diaryl/α,β-unsaturated/α-hetero) is 2. The molecule has 0 radical (unpaired) electrons. The summed E-state index contributed by atoms with van der Waals surface area (Å²) in [4.78, 5) is 62.2. The van der Waals surface area contributed by atoms with Crippen molar-refractivity contribution in [3.8, 4) is 0 Å². The summed E-state index contributed by atoms with van der Waals surface area (Å²) in [5.41, 5.74) is -0.730. The smallest absolute Gasteiger partial charge is 0.408 e. The SMILES string of the molecule is CO[C@]1(C)C[C@@H](C)C(=O)[C@H](C)C2NC(=O)O[C@]2(C)[C@@H](CC/C=C/Cc2cnc3ccccc3c2)OC(=O)[C@H](C)C(=O)[C@H](C)C1OC1OC(C)CC(N(C)C)C1O. The summed E-state index contributed by atoms with van der Waals surface area (Å²) < 4.78 is 30.9. The molecule has 5 rings (SSSR count). The van der Waals surface area contributed by atoms with Crippen LogP contribution in [-0.2, 0) is 44.5 Å². The lowest BCUT2D eigenvalue weighted by atomic mass is 9.73. The second-order valence-electron chi connectivity index (χ2n) is 16.8. The van der Waals surface area contributed by atoms with Gasteiger partial charge in [-0.15, -0.1) is 0 Å². The van der Waals surface area contributed by atoms with Crippen molar-refractivity contribution in [2.75, 3.05) is 21.2 Å². The highest BCUT2D eigenvalue weighted by atomic mass is 16.7. The average Bonchev–Trinajstić information content (AvgIpc) is 3.49. The molecule has 0 spiro atoms. The Bertz CT molecular complexity index is 1770. The summed E-state index contributed by atoms with van der Waals surface area (Å²) in [7, 11) is 5.22. The molecule has 0 saturated carbocycles. The van der Waals surface area contributed by atoms with E-state index in [0.29, 0.717) is 19.3 Å². The third-order valence-corrected chi connectivity index (χ3v) is 12.3. The lowest BCUT2D eigenvalue weighted by Crippen LogP contribution is -2.60. The Morgan fingerprint density at radius 3 is 2.43 bits per heavy atom. The first-order chi connectivity index (χ1) is 26.4. The van der Waals surface area contributed by atoms with E-state index in [4.69, 9.17) is 23.7 Å². The van der Waals surface area contributed by atoms with Crippen molar-refractivity contribution in [2.45, 2.75) is 135 Å². The zero-order valence-electron chi connectivity index (χ0n) is 34.5. The Hall–Kier alpha value is -3.75. The molecule has 2 N–H and O–H groups in total. The topological polar surface area (TPSA) is 163 Å². The predicted octanol–water partition coefficient (Wildman–Crippen LogP) is 5.20. The number of carbonyl (C=O) groups excluding carboxylic acids is 4. The lowest BCUT2D eigenvalue weighted by Gasteiger charge is -2.47. The minimum absolute atomic E-state index is 0.127. The zero-order chi connectivity index (χ0) is 41.1. The predicted molar refractivity (Wildman–Crippen MR) is 210 cm³/mol. The number of aliphatic hydroxyl groups excluding tert-OH is 1. The van der Waals surface area contributed by atoms with Gasteiger partial charge in [-0.2, -0.15) is 0 Å². The van der Waals surface area contributed by atoms with E-state index in [0.717, 1.165) is 16.5 Å². The molecular weight excluding hydrogens is 718 g/mol. The monoisotopic (exact) mass is 779 g/mol. The fourth-order valence-corrected chi connectivity index (χ4v) is 8.86. The van der Waals surface area contributed by atoms with Gasteiger partial charge in [-0.3, -0.25) is 19.4 Å². The first kappa shape index (κ1) is 43.4. The highest BCUT2D eigenvalue weighted by molar-refractivity contribution is 6.00. The second kappa shape index (κ2) is 17.8. The van der Waals surface area contributed by atoms with Gasteiger partial charge in [0.2, 0.25) is 0 Å². The molecule has 6 unspecified atom stereocenters. The Morgan fingerprint density at radius 2 is 1.73 bits per heavy atom. The number of ketones is 2. The number of cyclic esters (lactones) is 1. The van der Waals surface area contributed by atoms with Crippen molar-refractivity contribution in [1.82, 2.24) is 15.2 Å². The summed E-state index contributed by atoms with van der Waals surface area (Å²) in [5, 5.41) is 15.3. The highest BCUT2D eigenvalue weighted by Crippen LogP contribution is 2.40. The molecule has 3 aliphatic heterocycles. The maximum absolute atomic E-state index is 14.4. The number of alkyl carbamates (subject to hydrolysis) is 1. The molecule has 0 aliphatic carbocycles. The van der Waals surface area contributed by atoms with Crippen LogP contribution in [0.2, 0.25) is 0 Å². The third kappa shape index (κ3) is 9.18. The fourth-order valence-electron chi connectivity index (χ4n) is 8.86. The van der Waals surface area contributed by atoms with Crippen LogP contribution < -0.4 is 5.32 Å². The van der Waals surface area contributed by atoms with Crippen molar-refractivity contribution >= 4 is 34.5 Å². The van der Waals surface area contributed by atoms with Gasteiger partial charge in [-0.05, 0) is 91.6 Å². The van der Waals surface area contributed by atoms with E-state index in [1.54, 1.807) is 34.6 Å². The number of fused-ring (bicyclic) bond motifs is 2. The van der Waals surface area contributed by atoms with Gasteiger partial charge < -0.3 is 39.0 Å². The summed E-state index contributed by atoms with van der Waals surface area (Å²) in [5.74, 6) is -5.04. The second-order valence-corrected chi connectivity index (χ2v) is 16.8. The molecule has 13 nitrogen and oxygen atoms in total. The van der Waals surface area contributed by atoms with Gasteiger partial charge >= 0.3 is 12.1 Å². The number of nitrogens with zero attached hydrogens (tertiary/aromatic N) is 2. The number of methoxy groups -OCH3 is 1. The van der Waals surface area contributed by atoms with Crippen molar-refractivity contribution in [3.63, 3.8) is 0 Å². The van der Waals surface area contributed by atoms with Crippen LogP contribution in [-0.4, -0.2) is 114 Å². The maximum Gasteiger partial charge on any atom is 0.408 e. The number of hydrogen-bond donors (Lipinski definition) is 2. The summed E-state index contributed by atoms with van der Waals surface area (Å²) in [6.45, 7) is 12.0.